The fourth-order valence-electron chi connectivity index (χ4n) is 4.94. The van der Waals surface area contributed by atoms with Crippen molar-refractivity contribution in [2.45, 2.75) is 43.0 Å². The van der Waals surface area contributed by atoms with Gasteiger partial charge in [0, 0.05) is 46.1 Å². The third kappa shape index (κ3) is 3.29. The number of nitrogens with one attached hydrogen (secondary N) is 1. The SMILES string of the molecule is Nc1ccc(C2CCC(C(=O)c3ccc4cc5n(c4c3)CCCNC5=O)C2)cc1S. The fraction of sp³-hybridized carbons (Fsp3) is 0.333. The Hall–Kier alpha value is -2.73. The van der Waals surface area contributed by atoms with Gasteiger partial charge in [0.15, 0.2) is 5.78 Å². The van der Waals surface area contributed by atoms with Crippen LogP contribution in [0.5, 0.6) is 0 Å². The number of aromatic nitrogens is 1. The third-order valence-corrected chi connectivity index (χ3v) is 6.98. The number of nitrogens with zero attached hydrogens (tertiary/aromatic N) is 1. The minimum Gasteiger partial charge on any atom is -0.398 e. The number of aryl methyl sites for hydroxylation is 1. The Morgan fingerprint density at radius 3 is 2.83 bits per heavy atom. The average molecular weight is 420 g/mol. The number of ketones is 1. The standard InChI is InChI=1S/C24H25N3O2S/c25-19-7-6-15(13-22(19)30)14-2-4-17(10-14)23(28)18-5-3-16-11-21-24(29)26-8-1-9-27(21)20(16)12-18/h3,5-7,11-14,17,30H,1-2,4,8-10,25H2,(H,26,29). The van der Waals surface area contributed by atoms with Crippen LogP contribution in [-0.2, 0) is 6.54 Å². The molecule has 3 N–H and O–H groups in total. The van der Waals surface area contributed by atoms with Crippen molar-refractivity contribution < 1.29 is 9.59 Å². The first kappa shape index (κ1) is 19.2. The molecule has 2 aliphatic rings. The number of fused-ring (bicyclic) bond motifs is 3. The number of carbonyl (C=O) groups is 2. The third-order valence-electron chi connectivity index (χ3n) is 6.59. The van der Waals surface area contributed by atoms with E-state index in [1.165, 1.54) is 5.56 Å². The number of rotatable bonds is 3. The molecular formula is C24H25N3O2S. The number of amides is 1. The maximum Gasteiger partial charge on any atom is 0.267 e. The molecule has 2 aromatic carbocycles. The van der Waals surface area contributed by atoms with Crippen LogP contribution in [0.3, 0.4) is 0 Å². The lowest BCUT2D eigenvalue weighted by Crippen LogP contribution is -2.22. The summed E-state index contributed by atoms with van der Waals surface area (Å²) < 4.78 is 2.05. The largest absolute Gasteiger partial charge is 0.398 e. The van der Waals surface area contributed by atoms with E-state index in [-0.39, 0.29) is 17.6 Å². The van der Waals surface area contributed by atoms with E-state index in [0.717, 1.165) is 53.6 Å². The van der Waals surface area contributed by atoms with Gasteiger partial charge in [0.05, 0.1) is 0 Å². The van der Waals surface area contributed by atoms with Gasteiger partial charge in [-0.1, -0.05) is 18.2 Å². The van der Waals surface area contributed by atoms with Gasteiger partial charge in [0.2, 0.25) is 0 Å². The number of anilines is 1. The van der Waals surface area contributed by atoms with Gasteiger partial charge in [-0.25, -0.2) is 0 Å². The van der Waals surface area contributed by atoms with E-state index in [2.05, 4.69) is 28.6 Å². The molecule has 0 radical (unpaired) electrons. The van der Waals surface area contributed by atoms with Crippen molar-refractivity contribution in [2.24, 2.45) is 5.92 Å². The van der Waals surface area contributed by atoms with E-state index in [1.807, 2.05) is 36.4 Å². The molecule has 154 valence electrons. The highest BCUT2D eigenvalue weighted by Gasteiger charge is 2.32. The molecule has 5 nitrogen and oxygen atoms in total. The van der Waals surface area contributed by atoms with E-state index in [1.54, 1.807) is 0 Å². The number of benzene rings is 2. The maximum atomic E-state index is 13.3. The molecule has 1 fully saturated rings. The van der Waals surface area contributed by atoms with Crippen LogP contribution in [0.2, 0.25) is 0 Å². The Bertz CT molecular complexity index is 1170. The molecule has 30 heavy (non-hydrogen) atoms. The van der Waals surface area contributed by atoms with Gasteiger partial charge in [-0.15, -0.1) is 12.6 Å². The summed E-state index contributed by atoms with van der Waals surface area (Å²) in [6.45, 7) is 1.47. The Labute approximate surface area is 181 Å². The summed E-state index contributed by atoms with van der Waals surface area (Å²) >= 11 is 4.44. The number of hydrogen-bond acceptors (Lipinski definition) is 4. The van der Waals surface area contributed by atoms with Crippen LogP contribution in [0.25, 0.3) is 10.9 Å². The molecular weight excluding hydrogens is 394 g/mol. The van der Waals surface area contributed by atoms with E-state index in [4.69, 9.17) is 5.73 Å². The summed E-state index contributed by atoms with van der Waals surface area (Å²) in [7, 11) is 0. The molecule has 1 aliphatic heterocycles. The zero-order valence-electron chi connectivity index (χ0n) is 16.7. The van der Waals surface area contributed by atoms with Gasteiger partial charge in [-0.05, 0) is 61.4 Å². The second kappa shape index (κ2) is 7.51. The zero-order chi connectivity index (χ0) is 20.8. The highest BCUT2D eigenvalue weighted by atomic mass is 32.1. The van der Waals surface area contributed by atoms with Crippen LogP contribution in [-0.4, -0.2) is 22.8 Å². The summed E-state index contributed by atoms with van der Waals surface area (Å²) in [4.78, 5) is 26.4. The monoisotopic (exact) mass is 419 g/mol. The minimum atomic E-state index is -0.0396. The quantitative estimate of drug-likeness (QED) is 0.334. The van der Waals surface area contributed by atoms with Gasteiger partial charge in [0.25, 0.3) is 5.91 Å². The van der Waals surface area contributed by atoms with Crippen molar-refractivity contribution in [1.82, 2.24) is 9.88 Å². The number of Topliss-reactive ketones (excluding diaryl/α,β-unsaturated/α-hetero) is 1. The van der Waals surface area contributed by atoms with Crippen LogP contribution in [0, 0.1) is 5.92 Å². The summed E-state index contributed by atoms with van der Waals surface area (Å²) in [6.07, 6.45) is 3.63. The fourth-order valence-corrected chi connectivity index (χ4v) is 5.16. The van der Waals surface area contributed by atoms with Crippen LogP contribution < -0.4 is 11.1 Å². The number of hydrogen-bond donors (Lipinski definition) is 3. The first-order valence-electron chi connectivity index (χ1n) is 10.6. The molecule has 2 heterocycles. The molecule has 2 atom stereocenters. The molecule has 0 spiro atoms. The average Bonchev–Trinajstić information content (AvgIpc) is 3.33. The van der Waals surface area contributed by atoms with Crippen molar-refractivity contribution in [2.75, 3.05) is 12.3 Å². The number of thiol groups is 1. The lowest BCUT2D eigenvalue weighted by atomic mass is 9.92. The highest BCUT2D eigenvalue weighted by molar-refractivity contribution is 7.80. The molecule has 1 amide bonds. The second-order valence-corrected chi connectivity index (χ2v) is 8.94. The Morgan fingerprint density at radius 1 is 1.13 bits per heavy atom. The lowest BCUT2D eigenvalue weighted by Gasteiger charge is -2.13. The molecule has 1 saturated carbocycles. The van der Waals surface area contributed by atoms with Crippen LogP contribution >= 0.6 is 12.6 Å². The molecule has 0 bridgehead atoms. The molecule has 1 aliphatic carbocycles. The molecule has 2 unspecified atom stereocenters. The summed E-state index contributed by atoms with van der Waals surface area (Å²) in [5.41, 5.74) is 10.2. The first-order chi connectivity index (χ1) is 14.5. The molecule has 1 aromatic heterocycles. The molecule has 5 rings (SSSR count). The smallest absolute Gasteiger partial charge is 0.267 e. The molecule has 6 heteroatoms. The van der Waals surface area contributed by atoms with E-state index in [0.29, 0.717) is 23.8 Å². The summed E-state index contributed by atoms with van der Waals surface area (Å²) in [6, 6.07) is 13.8. The number of nitrogen functional groups attached to an aromatic ring is 1. The number of nitrogens with two attached hydrogens (primary N) is 1. The first-order valence-corrected chi connectivity index (χ1v) is 11.0. The second-order valence-electron chi connectivity index (χ2n) is 8.45. The van der Waals surface area contributed by atoms with Gasteiger partial charge >= 0.3 is 0 Å². The van der Waals surface area contributed by atoms with Crippen LogP contribution in [0.15, 0.2) is 47.4 Å². The predicted octanol–water partition coefficient (Wildman–Crippen LogP) is 4.41. The highest BCUT2D eigenvalue weighted by Crippen LogP contribution is 2.41. The Kier molecular flexibility index (Phi) is 4.82. The summed E-state index contributed by atoms with van der Waals surface area (Å²) in [5.74, 6) is 0.550. The van der Waals surface area contributed by atoms with Gasteiger partial charge in [-0.2, -0.15) is 0 Å². The van der Waals surface area contributed by atoms with Crippen molar-refractivity contribution in [3.63, 3.8) is 0 Å². The normalized spacial score (nSPS) is 21.3. The van der Waals surface area contributed by atoms with E-state index in [9.17, 15) is 9.59 Å². The summed E-state index contributed by atoms with van der Waals surface area (Å²) in [5, 5.41) is 3.94. The lowest BCUT2D eigenvalue weighted by molar-refractivity contribution is 0.0920. The van der Waals surface area contributed by atoms with Crippen molar-refractivity contribution >= 4 is 40.9 Å². The topological polar surface area (TPSA) is 77.1 Å². The zero-order valence-corrected chi connectivity index (χ0v) is 17.6. The maximum absolute atomic E-state index is 13.3. The van der Waals surface area contributed by atoms with Crippen molar-refractivity contribution in [3.05, 3.63) is 59.3 Å². The molecule has 3 aromatic rings. The van der Waals surface area contributed by atoms with E-state index < -0.39 is 0 Å². The Morgan fingerprint density at radius 2 is 2.00 bits per heavy atom. The van der Waals surface area contributed by atoms with Crippen molar-refractivity contribution in [1.29, 1.82) is 0 Å². The predicted molar refractivity (Wildman–Crippen MR) is 121 cm³/mol. The van der Waals surface area contributed by atoms with Gasteiger partial charge in [0.1, 0.15) is 5.69 Å². The molecule has 0 saturated heterocycles. The number of carbonyl (C=O) groups excluding carboxylic acids is 2. The van der Waals surface area contributed by atoms with Gasteiger partial charge in [-0.3, -0.25) is 9.59 Å². The minimum absolute atomic E-state index is 0.0234. The van der Waals surface area contributed by atoms with Crippen LogP contribution in [0.4, 0.5) is 5.69 Å². The van der Waals surface area contributed by atoms with Crippen molar-refractivity contribution in [3.8, 4) is 0 Å². The van der Waals surface area contributed by atoms with Gasteiger partial charge < -0.3 is 15.6 Å². The Balaban J connectivity index is 1.40. The van der Waals surface area contributed by atoms with E-state index >= 15 is 0 Å². The van der Waals surface area contributed by atoms with Crippen LogP contribution in [0.1, 0.15) is 58.0 Å².